The molecule has 8 aromatic rings. The third kappa shape index (κ3) is 3.88. The van der Waals surface area contributed by atoms with Crippen molar-refractivity contribution in [2.75, 3.05) is 9.80 Å². The van der Waals surface area contributed by atoms with Gasteiger partial charge in [0.25, 0.3) is 0 Å². The maximum Gasteiger partial charge on any atom is 0.249 e. The van der Waals surface area contributed by atoms with Gasteiger partial charge in [0, 0.05) is 26.6 Å². The Kier molecular flexibility index (Phi) is 5.69. The number of nitrogens with zero attached hydrogens (tertiary/aromatic N) is 2. The van der Waals surface area contributed by atoms with Gasteiger partial charge in [-0.3, -0.25) is 0 Å². The lowest BCUT2D eigenvalue weighted by Gasteiger charge is -2.43. The summed E-state index contributed by atoms with van der Waals surface area (Å²) >= 11 is 1.87. The van der Waals surface area contributed by atoms with Crippen LogP contribution in [0.1, 0.15) is 0 Å². The van der Waals surface area contributed by atoms with E-state index in [0.29, 0.717) is 0 Å². The van der Waals surface area contributed by atoms with E-state index in [-0.39, 0.29) is 6.71 Å². The van der Waals surface area contributed by atoms with Gasteiger partial charge >= 0.3 is 0 Å². The molecule has 0 aromatic heterocycles. The summed E-state index contributed by atoms with van der Waals surface area (Å²) in [7, 11) is 0. The van der Waals surface area contributed by atoms with Crippen LogP contribution in [0, 0.1) is 0 Å². The Morgan fingerprint density at radius 3 is 2.02 bits per heavy atom. The molecule has 0 bridgehead atoms. The molecule has 3 heterocycles. The summed E-state index contributed by atoms with van der Waals surface area (Å²) in [5, 5.41) is 4.89. The molecule has 0 atom stereocenters. The number of hydrogen-bond donors (Lipinski definition) is 0. The Labute approximate surface area is 289 Å². The van der Waals surface area contributed by atoms with Gasteiger partial charge < -0.3 is 14.5 Å². The van der Waals surface area contributed by atoms with E-state index in [0.717, 1.165) is 39.9 Å². The number of benzene rings is 8. The second-order valence-corrected chi connectivity index (χ2v) is 14.0. The summed E-state index contributed by atoms with van der Waals surface area (Å²) < 4.78 is 7.14. The average molecular weight is 643 g/mol. The third-order valence-corrected chi connectivity index (χ3v) is 11.4. The minimum absolute atomic E-state index is 0.0852. The number of hydrogen-bond acceptors (Lipinski definition) is 4. The first-order valence-electron chi connectivity index (χ1n) is 16.7. The molecular formula is C44H27BN2OS. The van der Waals surface area contributed by atoms with Gasteiger partial charge in [0.05, 0.1) is 22.7 Å². The Bertz CT molecular complexity index is 2660. The fourth-order valence-electron chi connectivity index (χ4n) is 8.16. The molecule has 49 heavy (non-hydrogen) atoms. The minimum atomic E-state index is 0.0852. The van der Waals surface area contributed by atoms with Gasteiger partial charge in [-0.15, -0.1) is 0 Å². The highest BCUT2D eigenvalue weighted by Gasteiger charge is 2.45. The molecule has 0 amide bonds. The van der Waals surface area contributed by atoms with Gasteiger partial charge in [0.15, 0.2) is 11.5 Å². The van der Waals surface area contributed by atoms with Crippen LogP contribution >= 0.6 is 11.8 Å². The van der Waals surface area contributed by atoms with Crippen molar-refractivity contribution in [3.8, 4) is 11.5 Å². The summed E-state index contributed by atoms with van der Waals surface area (Å²) in [5.41, 5.74) is 10.5. The largest absolute Gasteiger partial charge is 0.451 e. The summed E-state index contributed by atoms with van der Waals surface area (Å²) in [6, 6.07) is 59.3. The van der Waals surface area contributed by atoms with Crippen molar-refractivity contribution in [1.29, 1.82) is 0 Å². The molecule has 5 heteroatoms. The lowest BCUT2D eigenvalue weighted by molar-refractivity contribution is 0.478. The van der Waals surface area contributed by atoms with Crippen molar-refractivity contribution in [3.05, 3.63) is 164 Å². The molecule has 3 aliphatic heterocycles. The average Bonchev–Trinajstić information content (AvgIpc) is 3.16. The van der Waals surface area contributed by atoms with E-state index in [1.54, 1.807) is 0 Å². The van der Waals surface area contributed by atoms with E-state index in [1.165, 1.54) is 53.4 Å². The summed E-state index contributed by atoms with van der Waals surface area (Å²) in [6.45, 7) is 0.0852. The maximum atomic E-state index is 7.14. The fraction of sp³-hybridized carbons (Fsp3) is 0. The minimum Gasteiger partial charge on any atom is -0.451 e. The molecule has 0 N–H and O–H groups in total. The predicted octanol–water partition coefficient (Wildman–Crippen LogP) is 10.3. The number of fused-ring (bicyclic) bond motifs is 9. The van der Waals surface area contributed by atoms with Gasteiger partial charge in [0.1, 0.15) is 0 Å². The van der Waals surface area contributed by atoms with Crippen molar-refractivity contribution in [3.63, 3.8) is 0 Å². The van der Waals surface area contributed by atoms with Crippen LogP contribution in [0.5, 0.6) is 11.5 Å². The molecule has 3 aliphatic rings. The van der Waals surface area contributed by atoms with Crippen LogP contribution in [0.2, 0.25) is 0 Å². The van der Waals surface area contributed by atoms with Crippen LogP contribution in [0.4, 0.5) is 34.1 Å². The van der Waals surface area contributed by atoms with Crippen molar-refractivity contribution in [1.82, 2.24) is 0 Å². The van der Waals surface area contributed by atoms with E-state index in [1.807, 2.05) is 11.8 Å². The van der Waals surface area contributed by atoms with E-state index in [9.17, 15) is 0 Å². The van der Waals surface area contributed by atoms with Gasteiger partial charge in [-0.25, -0.2) is 0 Å². The standard InChI is InChI=1S/C44H27BN2OS/c1-2-16-31(17-3-1)46-36-20-8-6-18-33(36)45-34-19-7-11-24-40(34)49-41-27-38-44(43(46)42(41)45)48-39-23-10-9-21-37(39)47(38)35-22-12-15-30-25-28-13-4-5-14-29(28)26-32(30)35/h1-27H. The zero-order valence-corrected chi connectivity index (χ0v) is 27.2. The van der Waals surface area contributed by atoms with Crippen molar-refractivity contribution in [2.45, 2.75) is 9.79 Å². The van der Waals surface area contributed by atoms with Crippen LogP contribution in [0.25, 0.3) is 21.5 Å². The van der Waals surface area contributed by atoms with Crippen LogP contribution in [0.15, 0.2) is 174 Å². The molecule has 0 saturated carbocycles. The lowest BCUT2D eigenvalue weighted by Crippen LogP contribution is -2.60. The highest BCUT2D eigenvalue weighted by molar-refractivity contribution is 8.00. The molecule has 11 rings (SSSR count). The zero-order chi connectivity index (χ0) is 32.1. The first-order valence-corrected chi connectivity index (χ1v) is 17.5. The molecular weight excluding hydrogens is 615 g/mol. The van der Waals surface area contributed by atoms with Crippen LogP contribution < -0.4 is 30.9 Å². The Balaban J connectivity index is 1.26. The topological polar surface area (TPSA) is 15.7 Å². The Hall–Kier alpha value is -5.91. The van der Waals surface area contributed by atoms with Crippen LogP contribution in [0.3, 0.4) is 0 Å². The Morgan fingerprint density at radius 1 is 0.469 bits per heavy atom. The number of anilines is 6. The molecule has 3 nitrogen and oxygen atoms in total. The number of para-hydroxylation sites is 4. The highest BCUT2D eigenvalue weighted by Crippen LogP contribution is 2.58. The molecule has 0 aliphatic carbocycles. The molecule has 0 radical (unpaired) electrons. The Morgan fingerprint density at radius 2 is 1.14 bits per heavy atom. The van der Waals surface area contributed by atoms with Gasteiger partial charge in [-0.05, 0) is 87.7 Å². The van der Waals surface area contributed by atoms with Crippen molar-refractivity contribution < 1.29 is 4.74 Å². The van der Waals surface area contributed by atoms with E-state index in [2.05, 4.69) is 174 Å². The lowest BCUT2D eigenvalue weighted by atomic mass is 9.35. The van der Waals surface area contributed by atoms with Gasteiger partial charge in [-0.1, -0.05) is 120 Å². The first kappa shape index (κ1) is 27.1. The van der Waals surface area contributed by atoms with Gasteiger partial charge in [-0.2, -0.15) is 0 Å². The zero-order valence-electron chi connectivity index (χ0n) is 26.4. The van der Waals surface area contributed by atoms with E-state index >= 15 is 0 Å². The van der Waals surface area contributed by atoms with E-state index in [4.69, 9.17) is 4.74 Å². The molecule has 0 unspecified atom stereocenters. The normalized spacial score (nSPS) is 13.7. The summed E-state index contributed by atoms with van der Waals surface area (Å²) in [5.74, 6) is 1.72. The monoisotopic (exact) mass is 642 g/mol. The quantitative estimate of drug-likeness (QED) is 0.138. The molecule has 228 valence electrons. The third-order valence-electron chi connectivity index (χ3n) is 10.2. The van der Waals surface area contributed by atoms with Gasteiger partial charge in [0.2, 0.25) is 6.71 Å². The van der Waals surface area contributed by atoms with E-state index < -0.39 is 0 Å². The first-order chi connectivity index (χ1) is 24.3. The number of ether oxygens (including phenoxy) is 1. The molecule has 0 spiro atoms. The van der Waals surface area contributed by atoms with Crippen molar-refractivity contribution >= 4 is 90.5 Å². The SMILES string of the molecule is c1ccc(N2c3ccccc3B3c4ccccc4Sc4cc5c(c2c43)Oc2ccccc2N5c2cccc3cc4ccccc4cc23)cc1. The van der Waals surface area contributed by atoms with Crippen LogP contribution in [-0.4, -0.2) is 6.71 Å². The smallest absolute Gasteiger partial charge is 0.249 e. The summed E-state index contributed by atoms with van der Waals surface area (Å²) in [4.78, 5) is 7.42. The second-order valence-electron chi connectivity index (χ2n) is 12.9. The highest BCUT2D eigenvalue weighted by atomic mass is 32.2. The molecule has 8 aromatic carbocycles. The molecule has 0 fully saturated rings. The predicted molar refractivity (Wildman–Crippen MR) is 206 cm³/mol. The molecule has 0 saturated heterocycles. The maximum absolute atomic E-state index is 7.14. The fourth-order valence-corrected chi connectivity index (χ4v) is 9.34. The summed E-state index contributed by atoms with van der Waals surface area (Å²) in [6.07, 6.45) is 0. The van der Waals surface area contributed by atoms with Crippen LogP contribution in [-0.2, 0) is 0 Å². The van der Waals surface area contributed by atoms with Crippen molar-refractivity contribution in [2.24, 2.45) is 0 Å². The number of rotatable bonds is 2. The second kappa shape index (κ2) is 10.3.